The summed E-state index contributed by atoms with van der Waals surface area (Å²) in [5, 5.41) is 4.23. The van der Waals surface area contributed by atoms with Gasteiger partial charge in [0.15, 0.2) is 0 Å². The minimum absolute atomic E-state index is 0.0230. The van der Waals surface area contributed by atoms with Crippen LogP contribution in [0.25, 0.3) is 0 Å². The van der Waals surface area contributed by atoms with Gasteiger partial charge in [0.05, 0.1) is 23.9 Å². The number of hydrogen-bond donors (Lipinski definition) is 0. The van der Waals surface area contributed by atoms with Gasteiger partial charge in [0.2, 0.25) is 0 Å². The van der Waals surface area contributed by atoms with Gasteiger partial charge in [-0.25, -0.2) is 0 Å². The summed E-state index contributed by atoms with van der Waals surface area (Å²) < 4.78 is 7.04. The van der Waals surface area contributed by atoms with Crippen LogP contribution in [-0.4, -0.2) is 47.4 Å². The zero-order valence-corrected chi connectivity index (χ0v) is 11.9. The Hall–Kier alpha value is -1.36. The van der Waals surface area contributed by atoms with Crippen molar-refractivity contribution in [2.45, 2.75) is 33.2 Å². The van der Waals surface area contributed by atoms with Crippen molar-refractivity contribution in [3.63, 3.8) is 0 Å². The van der Waals surface area contributed by atoms with E-state index in [1.807, 2.05) is 27.7 Å². The van der Waals surface area contributed by atoms with Crippen LogP contribution in [0.15, 0.2) is 12.4 Å². The van der Waals surface area contributed by atoms with Crippen molar-refractivity contribution < 1.29 is 9.53 Å². The first-order valence-corrected chi connectivity index (χ1v) is 6.24. The van der Waals surface area contributed by atoms with Crippen molar-refractivity contribution in [2.75, 3.05) is 26.8 Å². The van der Waals surface area contributed by atoms with Crippen LogP contribution in [0.1, 0.15) is 38.1 Å². The molecule has 0 radical (unpaired) electrons. The average Bonchev–Trinajstić information content (AvgIpc) is 2.77. The van der Waals surface area contributed by atoms with E-state index >= 15 is 0 Å². The maximum atomic E-state index is 12.1. The van der Waals surface area contributed by atoms with Crippen molar-refractivity contribution in [3.05, 3.63) is 18.0 Å². The Kier molecular flexibility index (Phi) is 4.90. The lowest BCUT2D eigenvalue weighted by atomic mass is 10.1. The van der Waals surface area contributed by atoms with E-state index < -0.39 is 0 Å². The molecule has 1 aromatic rings. The highest BCUT2D eigenvalue weighted by atomic mass is 16.5. The summed E-state index contributed by atoms with van der Waals surface area (Å²) in [6.07, 6.45) is 3.41. The Morgan fingerprint density at radius 3 is 2.67 bits per heavy atom. The van der Waals surface area contributed by atoms with Crippen molar-refractivity contribution in [1.82, 2.24) is 14.7 Å². The van der Waals surface area contributed by atoms with E-state index in [-0.39, 0.29) is 11.4 Å². The lowest BCUT2D eigenvalue weighted by molar-refractivity contribution is 0.0709. The molecule has 1 aromatic heterocycles. The lowest BCUT2D eigenvalue weighted by Crippen LogP contribution is -2.30. The SMILES string of the molecule is CCOCCN(C)C(=O)c1cnn(C(C)(C)C)c1. The predicted molar refractivity (Wildman–Crippen MR) is 70.7 cm³/mol. The topological polar surface area (TPSA) is 47.4 Å². The van der Waals surface area contributed by atoms with Gasteiger partial charge in [-0.05, 0) is 27.7 Å². The van der Waals surface area contributed by atoms with Gasteiger partial charge in [-0.2, -0.15) is 5.10 Å². The molecule has 0 aliphatic carbocycles. The molecule has 0 atom stereocenters. The van der Waals surface area contributed by atoms with E-state index in [4.69, 9.17) is 4.74 Å². The van der Waals surface area contributed by atoms with Crippen LogP contribution in [0, 0.1) is 0 Å². The Labute approximate surface area is 109 Å². The van der Waals surface area contributed by atoms with Gasteiger partial charge in [0.1, 0.15) is 0 Å². The van der Waals surface area contributed by atoms with E-state index in [1.165, 1.54) is 0 Å². The van der Waals surface area contributed by atoms with Crippen LogP contribution >= 0.6 is 0 Å². The van der Waals surface area contributed by atoms with Gasteiger partial charge in [0.25, 0.3) is 5.91 Å². The number of amides is 1. The van der Waals surface area contributed by atoms with Crippen LogP contribution in [0.2, 0.25) is 0 Å². The molecule has 0 saturated heterocycles. The monoisotopic (exact) mass is 253 g/mol. The molecule has 0 spiro atoms. The molecular weight excluding hydrogens is 230 g/mol. The first kappa shape index (κ1) is 14.7. The standard InChI is InChI=1S/C13H23N3O2/c1-6-18-8-7-15(5)12(17)11-9-14-16(10-11)13(2,3)4/h9-10H,6-8H2,1-5H3. The van der Waals surface area contributed by atoms with Crippen LogP contribution in [0.5, 0.6) is 0 Å². The van der Waals surface area contributed by atoms with Crippen LogP contribution < -0.4 is 0 Å². The predicted octanol–water partition coefficient (Wildman–Crippen LogP) is 1.75. The highest BCUT2D eigenvalue weighted by Crippen LogP contribution is 2.13. The molecule has 0 bridgehead atoms. The average molecular weight is 253 g/mol. The molecule has 1 amide bonds. The first-order chi connectivity index (χ1) is 8.36. The molecule has 0 aromatic carbocycles. The summed E-state index contributed by atoms with van der Waals surface area (Å²) in [7, 11) is 1.77. The number of hydrogen-bond acceptors (Lipinski definition) is 3. The molecular formula is C13H23N3O2. The Morgan fingerprint density at radius 1 is 1.50 bits per heavy atom. The summed E-state index contributed by atoms with van der Waals surface area (Å²) in [6, 6.07) is 0. The van der Waals surface area contributed by atoms with Crippen LogP contribution in [0.4, 0.5) is 0 Å². The fourth-order valence-corrected chi connectivity index (χ4v) is 1.47. The molecule has 5 nitrogen and oxygen atoms in total. The number of carbonyl (C=O) groups excluding carboxylic acids is 1. The maximum absolute atomic E-state index is 12.1. The van der Waals surface area contributed by atoms with E-state index in [1.54, 1.807) is 29.0 Å². The molecule has 5 heteroatoms. The molecule has 0 aliphatic rings. The minimum atomic E-state index is -0.109. The Morgan fingerprint density at radius 2 is 2.17 bits per heavy atom. The molecule has 1 heterocycles. The third-order valence-electron chi connectivity index (χ3n) is 2.64. The zero-order valence-electron chi connectivity index (χ0n) is 11.9. The fraction of sp³-hybridized carbons (Fsp3) is 0.692. The molecule has 1 rings (SSSR count). The second-order valence-electron chi connectivity index (χ2n) is 5.27. The quantitative estimate of drug-likeness (QED) is 0.751. The summed E-state index contributed by atoms with van der Waals surface area (Å²) >= 11 is 0. The van der Waals surface area contributed by atoms with Crippen molar-refractivity contribution >= 4 is 5.91 Å². The number of likely N-dealkylation sites (N-methyl/N-ethyl adjacent to an activating group) is 1. The molecule has 0 N–H and O–H groups in total. The third-order valence-corrected chi connectivity index (χ3v) is 2.64. The van der Waals surface area contributed by atoms with Crippen molar-refractivity contribution in [1.29, 1.82) is 0 Å². The normalized spacial score (nSPS) is 11.6. The van der Waals surface area contributed by atoms with E-state index in [0.717, 1.165) is 0 Å². The fourth-order valence-electron chi connectivity index (χ4n) is 1.47. The minimum Gasteiger partial charge on any atom is -0.380 e. The Bertz CT molecular complexity index is 393. The van der Waals surface area contributed by atoms with Gasteiger partial charge in [0, 0.05) is 26.4 Å². The second kappa shape index (κ2) is 6.00. The van der Waals surface area contributed by atoms with Crippen molar-refractivity contribution in [3.8, 4) is 0 Å². The maximum Gasteiger partial charge on any atom is 0.256 e. The van der Waals surface area contributed by atoms with Gasteiger partial charge in [-0.1, -0.05) is 0 Å². The van der Waals surface area contributed by atoms with Gasteiger partial charge in [-0.15, -0.1) is 0 Å². The number of carbonyl (C=O) groups is 1. The van der Waals surface area contributed by atoms with Crippen LogP contribution in [0.3, 0.4) is 0 Å². The third kappa shape index (κ3) is 3.84. The van der Waals surface area contributed by atoms with E-state index in [2.05, 4.69) is 5.10 Å². The van der Waals surface area contributed by atoms with Gasteiger partial charge in [-0.3, -0.25) is 9.48 Å². The first-order valence-electron chi connectivity index (χ1n) is 6.24. The molecule has 18 heavy (non-hydrogen) atoms. The number of ether oxygens (including phenoxy) is 1. The molecule has 0 saturated carbocycles. The molecule has 0 unspecified atom stereocenters. The Balaban J connectivity index is 2.64. The van der Waals surface area contributed by atoms with Crippen molar-refractivity contribution in [2.24, 2.45) is 0 Å². The molecule has 102 valence electrons. The van der Waals surface area contributed by atoms with Gasteiger partial charge >= 0.3 is 0 Å². The largest absolute Gasteiger partial charge is 0.380 e. The summed E-state index contributed by atoms with van der Waals surface area (Å²) in [4.78, 5) is 13.7. The molecule has 0 aliphatic heterocycles. The highest BCUT2D eigenvalue weighted by Gasteiger charge is 2.18. The van der Waals surface area contributed by atoms with Crippen LogP contribution in [-0.2, 0) is 10.3 Å². The lowest BCUT2D eigenvalue weighted by Gasteiger charge is -2.19. The van der Waals surface area contributed by atoms with E-state index in [9.17, 15) is 4.79 Å². The summed E-state index contributed by atoms with van der Waals surface area (Å²) in [6.45, 7) is 9.91. The second-order valence-corrected chi connectivity index (χ2v) is 5.27. The molecule has 0 fully saturated rings. The highest BCUT2D eigenvalue weighted by molar-refractivity contribution is 5.93. The smallest absolute Gasteiger partial charge is 0.256 e. The van der Waals surface area contributed by atoms with Gasteiger partial charge < -0.3 is 9.64 Å². The zero-order chi connectivity index (χ0) is 13.8. The number of rotatable bonds is 5. The van der Waals surface area contributed by atoms with E-state index in [0.29, 0.717) is 25.3 Å². The summed E-state index contributed by atoms with van der Waals surface area (Å²) in [5.74, 6) is -0.0230. The summed E-state index contributed by atoms with van der Waals surface area (Å²) in [5.41, 5.74) is 0.506. The number of nitrogens with zero attached hydrogens (tertiary/aromatic N) is 3. The number of aromatic nitrogens is 2.